The summed E-state index contributed by atoms with van der Waals surface area (Å²) in [7, 11) is 0. The van der Waals surface area contributed by atoms with E-state index < -0.39 is 0 Å². The topological polar surface area (TPSA) is 9.23 Å². The zero-order valence-corrected chi connectivity index (χ0v) is 8.68. The fourth-order valence-electron chi connectivity index (χ4n) is 1.92. The zero-order chi connectivity index (χ0) is 8.97. The maximum atomic E-state index is 5.48. The minimum atomic E-state index is 0.676. The van der Waals surface area contributed by atoms with Gasteiger partial charge in [-0.3, -0.25) is 0 Å². The van der Waals surface area contributed by atoms with Gasteiger partial charge < -0.3 is 4.74 Å². The Morgan fingerprint density at radius 1 is 1.08 bits per heavy atom. The first-order valence-corrected chi connectivity index (χ1v) is 5.31. The van der Waals surface area contributed by atoms with E-state index in [1.54, 1.807) is 0 Å². The molecule has 2 rings (SSSR count). The first-order valence-electron chi connectivity index (χ1n) is 5.31. The van der Waals surface area contributed by atoms with Crippen molar-refractivity contribution in [1.29, 1.82) is 0 Å². The van der Waals surface area contributed by atoms with Gasteiger partial charge in [-0.15, -0.1) is 0 Å². The first-order chi connectivity index (χ1) is 5.70. The molecule has 2 fully saturated rings. The first kappa shape index (κ1) is 10.0. The maximum Gasteiger partial charge on any atom is 0.0604 e. The van der Waals surface area contributed by atoms with Crippen LogP contribution in [-0.2, 0) is 4.74 Å². The maximum absolute atomic E-state index is 5.48. The highest BCUT2D eigenvalue weighted by molar-refractivity contribution is 4.81. The third-order valence-electron chi connectivity index (χ3n) is 2.41. The number of hydrogen-bond donors (Lipinski definition) is 0. The van der Waals surface area contributed by atoms with Crippen LogP contribution in [0.15, 0.2) is 0 Å². The molecular formula is C11H22O. The quantitative estimate of drug-likeness (QED) is 0.542. The summed E-state index contributed by atoms with van der Waals surface area (Å²) in [5.41, 5.74) is 0. The highest BCUT2D eigenvalue weighted by atomic mass is 16.5. The minimum absolute atomic E-state index is 0.676. The molecule has 1 aliphatic heterocycles. The molecule has 2 atom stereocenters. The van der Waals surface area contributed by atoms with Crippen LogP contribution in [0.1, 0.15) is 46.5 Å². The minimum Gasteiger partial charge on any atom is -0.378 e. The predicted molar refractivity (Wildman–Crippen MR) is 52.2 cm³/mol. The fraction of sp³-hybridized carbons (Fsp3) is 1.00. The Kier molecular flexibility index (Phi) is 4.07. The Morgan fingerprint density at radius 3 is 2.33 bits per heavy atom. The Hall–Kier alpha value is -0.0400. The smallest absolute Gasteiger partial charge is 0.0604 e. The summed E-state index contributed by atoms with van der Waals surface area (Å²) < 4.78 is 5.48. The second-order valence-electron chi connectivity index (χ2n) is 4.62. The molecule has 12 heavy (non-hydrogen) atoms. The van der Waals surface area contributed by atoms with Gasteiger partial charge in [0, 0.05) is 6.61 Å². The van der Waals surface area contributed by atoms with Crippen molar-refractivity contribution in [1.82, 2.24) is 0 Å². The zero-order valence-electron chi connectivity index (χ0n) is 8.68. The fourth-order valence-corrected chi connectivity index (χ4v) is 1.92. The second-order valence-corrected chi connectivity index (χ2v) is 4.62. The van der Waals surface area contributed by atoms with Crippen molar-refractivity contribution in [3.63, 3.8) is 0 Å². The molecular weight excluding hydrogens is 148 g/mol. The van der Waals surface area contributed by atoms with Gasteiger partial charge in [0.2, 0.25) is 0 Å². The van der Waals surface area contributed by atoms with Crippen LogP contribution in [0.2, 0.25) is 0 Å². The molecule has 0 bridgehead atoms. The molecule has 0 aromatic rings. The molecule has 0 radical (unpaired) electrons. The van der Waals surface area contributed by atoms with Crippen LogP contribution < -0.4 is 0 Å². The third-order valence-corrected chi connectivity index (χ3v) is 2.41. The molecule has 1 saturated carbocycles. The monoisotopic (exact) mass is 170 g/mol. The molecule has 0 spiro atoms. The number of ether oxygens (including phenoxy) is 1. The van der Waals surface area contributed by atoms with E-state index in [1.165, 1.54) is 25.7 Å². The van der Waals surface area contributed by atoms with E-state index in [9.17, 15) is 0 Å². The molecule has 2 unspecified atom stereocenters. The van der Waals surface area contributed by atoms with E-state index in [0.717, 1.165) is 18.4 Å². The largest absolute Gasteiger partial charge is 0.378 e. The average Bonchev–Trinajstić information content (AvgIpc) is 2.40. The number of hydrogen-bond acceptors (Lipinski definition) is 1. The molecule has 1 nitrogen and oxygen atoms in total. The van der Waals surface area contributed by atoms with E-state index >= 15 is 0 Å². The Morgan fingerprint density at radius 2 is 1.75 bits per heavy atom. The summed E-state index contributed by atoms with van der Waals surface area (Å²) in [4.78, 5) is 0. The van der Waals surface area contributed by atoms with Crippen LogP contribution in [0, 0.1) is 11.8 Å². The van der Waals surface area contributed by atoms with Crippen molar-refractivity contribution in [3.8, 4) is 0 Å². The van der Waals surface area contributed by atoms with Crippen LogP contribution in [0.25, 0.3) is 0 Å². The van der Waals surface area contributed by atoms with E-state index in [0.29, 0.717) is 6.10 Å². The molecule has 1 heteroatoms. The third kappa shape index (κ3) is 3.14. The van der Waals surface area contributed by atoms with E-state index in [1.807, 2.05) is 0 Å². The van der Waals surface area contributed by atoms with Gasteiger partial charge in [0.15, 0.2) is 0 Å². The van der Waals surface area contributed by atoms with Gasteiger partial charge >= 0.3 is 0 Å². The predicted octanol–water partition coefficient (Wildman–Crippen LogP) is 3.24. The molecule has 0 aromatic heterocycles. The molecule has 72 valence electrons. The van der Waals surface area contributed by atoms with Crippen LogP contribution >= 0.6 is 0 Å². The summed E-state index contributed by atoms with van der Waals surface area (Å²) >= 11 is 0. The summed E-state index contributed by atoms with van der Waals surface area (Å²) in [6, 6.07) is 0. The summed E-state index contributed by atoms with van der Waals surface area (Å²) in [5, 5.41) is 0. The highest BCUT2D eigenvalue weighted by Gasteiger charge is 2.31. The van der Waals surface area contributed by atoms with Crippen LogP contribution in [-0.4, -0.2) is 12.7 Å². The SMILES string of the molecule is C1CC2CCOC2C1.CC(C)C. The lowest BCUT2D eigenvalue weighted by Crippen LogP contribution is -2.06. The molecule has 0 amide bonds. The normalized spacial score (nSPS) is 33.0. The van der Waals surface area contributed by atoms with Crippen molar-refractivity contribution >= 4 is 0 Å². The van der Waals surface area contributed by atoms with Crippen molar-refractivity contribution in [2.24, 2.45) is 11.8 Å². The van der Waals surface area contributed by atoms with Gasteiger partial charge in [0.25, 0.3) is 0 Å². The number of rotatable bonds is 0. The molecule has 1 saturated heterocycles. The molecule has 1 aliphatic carbocycles. The standard InChI is InChI=1S/C7H12O.C4H10/c1-2-6-4-5-8-7(6)3-1;1-4(2)3/h6-7H,1-5H2;4H,1-3H3. The highest BCUT2D eigenvalue weighted by Crippen LogP contribution is 2.35. The van der Waals surface area contributed by atoms with Gasteiger partial charge in [0.1, 0.15) is 0 Å². The molecule has 2 aliphatic rings. The van der Waals surface area contributed by atoms with Crippen molar-refractivity contribution in [2.45, 2.75) is 52.6 Å². The Balaban J connectivity index is 0.000000157. The lowest BCUT2D eigenvalue weighted by atomic mass is 10.1. The van der Waals surface area contributed by atoms with Crippen molar-refractivity contribution < 1.29 is 4.74 Å². The van der Waals surface area contributed by atoms with Crippen LogP contribution in [0.5, 0.6) is 0 Å². The Labute approximate surface area is 76.5 Å². The van der Waals surface area contributed by atoms with Crippen LogP contribution in [0.3, 0.4) is 0 Å². The average molecular weight is 170 g/mol. The lowest BCUT2D eigenvalue weighted by molar-refractivity contribution is 0.103. The van der Waals surface area contributed by atoms with E-state index in [-0.39, 0.29) is 0 Å². The van der Waals surface area contributed by atoms with Gasteiger partial charge in [0.05, 0.1) is 6.10 Å². The number of fused-ring (bicyclic) bond motifs is 1. The van der Waals surface area contributed by atoms with Crippen LogP contribution in [0.4, 0.5) is 0 Å². The molecule has 1 heterocycles. The van der Waals surface area contributed by atoms with Gasteiger partial charge in [-0.05, 0) is 31.1 Å². The van der Waals surface area contributed by atoms with Gasteiger partial charge in [-0.1, -0.05) is 27.2 Å². The second kappa shape index (κ2) is 4.86. The summed E-state index contributed by atoms with van der Waals surface area (Å²) in [5.74, 6) is 1.79. The summed E-state index contributed by atoms with van der Waals surface area (Å²) in [6.45, 7) is 7.54. The Bertz CT molecular complexity index is 97.4. The van der Waals surface area contributed by atoms with E-state index in [2.05, 4.69) is 20.8 Å². The lowest BCUT2D eigenvalue weighted by Gasteiger charge is -2.04. The molecule has 0 aromatic carbocycles. The van der Waals surface area contributed by atoms with Gasteiger partial charge in [-0.25, -0.2) is 0 Å². The van der Waals surface area contributed by atoms with Crippen molar-refractivity contribution in [2.75, 3.05) is 6.61 Å². The van der Waals surface area contributed by atoms with Gasteiger partial charge in [-0.2, -0.15) is 0 Å². The van der Waals surface area contributed by atoms with Crippen molar-refractivity contribution in [3.05, 3.63) is 0 Å². The summed E-state index contributed by atoms with van der Waals surface area (Å²) in [6.07, 6.45) is 6.20. The molecule has 0 N–H and O–H groups in total. The van der Waals surface area contributed by atoms with E-state index in [4.69, 9.17) is 4.74 Å².